The normalized spacial score (nSPS) is 10.6. The van der Waals surface area contributed by atoms with Crippen LogP contribution in [0, 0.1) is 0 Å². The fourth-order valence-corrected chi connectivity index (χ4v) is 2.33. The molecule has 122 valence electrons. The van der Waals surface area contributed by atoms with Crippen LogP contribution in [0.25, 0.3) is 0 Å². The number of thioether (sulfide) groups is 1. The molecule has 1 amide bonds. The Labute approximate surface area is 141 Å². The van der Waals surface area contributed by atoms with E-state index < -0.39 is 0 Å². The van der Waals surface area contributed by atoms with Crippen molar-refractivity contribution >= 4 is 23.4 Å². The molecule has 0 aliphatic rings. The van der Waals surface area contributed by atoms with Crippen molar-refractivity contribution in [2.45, 2.75) is 4.90 Å². The lowest BCUT2D eigenvalue weighted by molar-refractivity contribution is 0.102. The number of amides is 1. The van der Waals surface area contributed by atoms with E-state index in [1.54, 1.807) is 11.8 Å². The van der Waals surface area contributed by atoms with Gasteiger partial charge in [-0.2, -0.15) is 0 Å². The van der Waals surface area contributed by atoms with Gasteiger partial charge < -0.3 is 15.0 Å². The molecule has 0 unspecified atom stereocenters. The summed E-state index contributed by atoms with van der Waals surface area (Å²) in [6.07, 6.45) is 2.01. The summed E-state index contributed by atoms with van der Waals surface area (Å²) in [6, 6.07) is 15.0. The SMILES string of the molecule is CSc1ccc(C(=O)Nc2ccc(OCCN(C)C)cc2)cc1. The molecule has 0 aliphatic carbocycles. The number of anilines is 1. The summed E-state index contributed by atoms with van der Waals surface area (Å²) in [6.45, 7) is 1.50. The number of carbonyl (C=O) groups is 1. The van der Waals surface area contributed by atoms with Gasteiger partial charge in [0.05, 0.1) is 0 Å². The molecule has 0 atom stereocenters. The fourth-order valence-electron chi connectivity index (χ4n) is 1.93. The summed E-state index contributed by atoms with van der Waals surface area (Å²) in [5.41, 5.74) is 1.40. The monoisotopic (exact) mass is 330 g/mol. The number of hydrogen-bond donors (Lipinski definition) is 1. The van der Waals surface area contributed by atoms with Gasteiger partial charge in [-0.3, -0.25) is 4.79 Å². The lowest BCUT2D eigenvalue weighted by Gasteiger charge is -2.11. The third-order valence-electron chi connectivity index (χ3n) is 3.27. The predicted octanol–water partition coefficient (Wildman–Crippen LogP) is 3.60. The minimum Gasteiger partial charge on any atom is -0.492 e. The summed E-state index contributed by atoms with van der Waals surface area (Å²) in [7, 11) is 4.02. The van der Waals surface area contributed by atoms with E-state index >= 15 is 0 Å². The van der Waals surface area contributed by atoms with Gasteiger partial charge in [0.1, 0.15) is 12.4 Å². The van der Waals surface area contributed by atoms with Gasteiger partial charge in [0.2, 0.25) is 0 Å². The van der Waals surface area contributed by atoms with Crippen LogP contribution in [0.5, 0.6) is 5.75 Å². The van der Waals surface area contributed by atoms with Crippen molar-refractivity contribution in [1.82, 2.24) is 4.90 Å². The Morgan fingerprint density at radius 3 is 2.30 bits per heavy atom. The molecular formula is C18H22N2O2S. The van der Waals surface area contributed by atoms with Crippen molar-refractivity contribution in [2.24, 2.45) is 0 Å². The van der Waals surface area contributed by atoms with Gasteiger partial charge >= 0.3 is 0 Å². The first-order valence-electron chi connectivity index (χ1n) is 7.41. The first-order valence-corrected chi connectivity index (χ1v) is 8.64. The molecule has 0 radical (unpaired) electrons. The third kappa shape index (κ3) is 5.62. The molecule has 2 rings (SSSR count). The maximum Gasteiger partial charge on any atom is 0.255 e. The van der Waals surface area contributed by atoms with E-state index in [9.17, 15) is 4.79 Å². The van der Waals surface area contributed by atoms with Gasteiger partial charge in [0, 0.05) is 22.7 Å². The van der Waals surface area contributed by atoms with Crippen LogP contribution in [0.1, 0.15) is 10.4 Å². The first kappa shape index (κ1) is 17.4. The second-order valence-corrected chi connectivity index (χ2v) is 6.24. The maximum absolute atomic E-state index is 12.2. The van der Waals surface area contributed by atoms with Crippen molar-refractivity contribution in [2.75, 3.05) is 38.8 Å². The molecule has 1 N–H and O–H groups in total. The third-order valence-corrected chi connectivity index (χ3v) is 4.02. The van der Waals surface area contributed by atoms with Crippen LogP contribution >= 0.6 is 11.8 Å². The topological polar surface area (TPSA) is 41.6 Å². The molecule has 0 saturated carbocycles. The first-order chi connectivity index (χ1) is 11.1. The van der Waals surface area contributed by atoms with Gasteiger partial charge in [0.25, 0.3) is 5.91 Å². The molecule has 0 fully saturated rings. The molecule has 23 heavy (non-hydrogen) atoms. The summed E-state index contributed by atoms with van der Waals surface area (Å²) in [4.78, 5) is 15.4. The summed E-state index contributed by atoms with van der Waals surface area (Å²) >= 11 is 1.65. The van der Waals surface area contributed by atoms with Crippen LogP contribution in [-0.2, 0) is 0 Å². The van der Waals surface area contributed by atoms with Gasteiger partial charge in [-0.05, 0) is 68.9 Å². The highest BCUT2D eigenvalue weighted by Crippen LogP contribution is 2.18. The number of nitrogens with one attached hydrogen (secondary N) is 1. The second-order valence-electron chi connectivity index (χ2n) is 5.36. The molecule has 2 aromatic rings. The predicted molar refractivity (Wildman–Crippen MR) is 96.7 cm³/mol. The molecule has 0 spiro atoms. The van der Waals surface area contributed by atoms with E-state index in [0.29, 0.717) is 12.2 Å². The fraction of sp³-hybridized carbons (Fsp3) is 0.278. The molecule has 0 bridgehead atoms. The number of ether oxygens (including phenoxy) is 1. The zero-order chi connectivity index (χ0) is 16.7. The molecule has 0 saturated heterocycles. The molecule has 2 aromatic carbocycles. The Hall–Kier alpha value is -1.98. The second kappa shape index (κ2) is 8.60. The number of rotatable bonds is 7. The van der Waals surface area contributed by atoms with E-state index in [-0.39, 0.29) is 5.91 Å². The number of carbonyl (C=O) groups excluding carboxylic acids is 1. The average molecular weight is 330 g/mol. The van der Waals surface area contributed by atoms with Gasteiger partial charge in [0.15, 0.2) is 0 Å². The van der Waals surface area contributed by atoms with Crippen molar-refractivity contribution in [1.29, 1.82) is 0 Å². The van der Waals surface area contributed by atoms with E-state index in [2.05, 4.69) is 10.2 Å². The summed E-state index contributed by atoms with van der Waals surface area (Å²) in [5, 5.41) is 2.89. The van der Waals surface area contributed by atoms with E-state index in [0.717, 1.165) is 22.9 Å². The van der Waals surface area contributed by atoms with Crippen LogP contribution in [0.3, 0.4) is 0 Å². The Balaban J connectivity index is 1.90. The van der Waals surface area contributed by atoms with Crippen molar-refractivity contribution in [3.8, 4) is 5.75 Å². The molecule has 4 nitrogen and oxygen atoms in total. The smallest absolute Gasteiger partial charge is 0.255 e. The van der Waals surface area contributed by atoms with E-state index in [1.165, 1.54) is 0 Å². The van der Waals surface area contributed by atoms with E-state index in [1.807, 2.05) is 68.9 Å². The maximum atomic E-state index is 12.2. The zero-order valence-corrected chi connectivity index (χ0v) is 14.5. The molecule has 0 heterocycles. The quantitative estimate of drug-likeness (QED) is 0.788. The Kier molecular flexibility index (Phi) is 6.50. The molecule has 0 aliphatic heterocycles. The number of likely N-dealkylation sites (N-methyl/N-ethyl adjacent to an activating group) is 1. The lowest BCUT2D eigenvalue weighted by atomic mass is 10.2. The Morgan fingerprint density at radius 1 is 1.09 bits per heavy atom. The molecule has 0 aromatic heterocycles. The number of hydrogen-bond acceptors (Lipinski definition) is 4. The lowest BCUT2D eigenvalue weighted by Crippen LogP contribution is -2.19. The highest BCUT2D eigenvalue weighted by atomic mass is 32.2. The highest BCUT2D eigenvalue weighted by Gasteiger charge is 2.06. The molecule has 5 heteroatoms. The molecular weight excluding hydrogens is 308 g/mol. The summed E-state index contributed by atoms with van der Waals surface area (Å²) in [5.74, 6) is 0.688. The minimum absolute atomic E-state index is 0.112. The average Bonchev–Trinajstić information content (AvgIpc) is 2.56. The van der Waals surface area contributed by atoms with Crippen LogP contribution in [0.4, 0.5) is 5.69 Å². The highest BCUT2D eigenvalue weighted by molar-refractivity contribution is 7.98. The van der Waals surface area contributed by atoms with Gasteiger partial charge in [-0.1, -0.05) is 0 Å². The largest absolute Gasteiger partial charge is 0.492 e. The van der Waals surface area contributed by atoms with Gasteiger partial charge in [-0.15, -0.1) is 11.8 Å². The number of nitrogens with zero attached hydrogens (tertiary/aromatic N) is 1. The van der Waals surface area contributed by atoms with Crippen LogP contribution in [0.15, 0.2) is 53.4 Å². The van der Waals surface area contributed by atoms with Crippen LogP contribution in [-0.4, -0.2) is 44.3 Å². The van der Waals surface area contributed by atoms with Crippen molar-refractivity contribution in [3.63, 3.8) is 0 Å². The minimum atomic E-state index is -0.112. The number of benzene rings is 2. The Morgan fingerprint density at radius 2 is 1.74 bits per heavy atom. The van der Waals surface area contributed by atoms with Crippen LogP contribution in [0.2, 0.25) is 0 Å². The standard InChI is InChI=1S/C18H22N2O2S/c1-20(2)12-13-22-16-8-6-15(7-9-16)19-18(21)14-4-10-17(23-3)11-5-14/h4-11H,12-13H2,1-3H3,(H,19,21). The van der Waals surface area contributed by atoms with Crippen molar-refractivity contribution in [3.05, 3.63) is 54.1 Å². The van der Waals surface area contributed by atoms with E-state index in [4.69, 9.17) is 4.74 Å². The van der Waals surface area contributed by atoms with Gasteiger partial charge in [-0.25, -0.2) is 0 Å². The summed E-state index contributed by atoms with van der Waals surface area (Å²) < 4.78 is 5.63. The zero-order valence-electron chi connectivity index (χ0n) is 13.7. The Bertz CT molecular complexity index is 624. The van der Waals surface area contributed by atoms with Crippen molar-refractivity contribution < 1.29 is 9.53 Å². The van der Waals surface area contributed by atoms with Crippen LogP contribution < -0.4 is 10.1 Å².